The molecule has 2 aromatic rings. The minimum absolute atomic E-state index is 0.142. The van der Waals surface area contributed by atoms with Crippen LogP contribution in [-0.2, 0) is 6.54 Å². The molecule has 0 saturated carbocycles. The number of nitrogens with one attached hydrogen (secondary N) is 1. The van der Waals surface area contributed by atoms with Gasteiger partial charge in [0.05, 0.1) is 7.11 Å². The van der Waals surface area contributed by atoms with Crippen LogP contribution >= 0.6 is 0 Å². The number of nitrogens with two attached hydrogens (primary N) is 1. The number of aromatic nitrogens is 2. The Kier molecular flexibility index (Phi) is 4.54. The molecule has 102 valence electrons. The lowest BCUT2D eigenvalue weighted by Gasteiger charge is -2.18. The normalized spacial score (nSPS) is 12.4. The van der Waals surface area contributed by atoms with Gasteiger partial charge in [0.1, 0.15) is 17.6 Å². The molecule has 0 saturated heterocycles. The van der Waals surface area contributed by atoms with Crippen molar-refractivity contribution in [2.75, 3.05) is 7.11 Å². The maximum absolute atomic E-state index is 5.71. The van der Waals surface area contributed by atoms with Crippen molar-refractivity contribution in [3.05, 3.63) is 48.0 Å². The molecule has 0 aliphatic rings. The first-order valence-electron chi connectivity index (χ1n) is 6.41. The molecule has 1 aromatic carbocycles. The Morgan fingerprint density at radius 2 is 2.32 bits per heavy atom. The summed E-state index contributed by atoms with van der Waals surface area (Å²) in [6.45, 7) is 3.07. The SMILES string of the molecule is CCCn1ccnc1C(NN)c1cccc(OC)c1. The second-order valence-corrected chi connectivity index (χ2v) is 4.36. The summed E-state index contributed by atoms with van der Waals surface area (Å²) in [5, 5.41) is 0. The average molecular weight is 260 g/mol. The third-order valence-electron chi connectivity index (χ3n) is 3.06. The molecule has 5 nitrogen and oxygen atoms in total. The van der Waals surface area contributed by atoms with E-state index in [2.05, 4.69) is 21.9 Å². The van der Waals surface area contributed by atoms with Crippen molar-refractivity contribution in [3.63, 3.8) is 0 Å². The monoisotopic (exact) mass is 260 g/mol. The molecule has 0 spiro atoms. The minimum atomic E-state index is -0.142. The maximum atomic E-state index is 5.71. The van der Waals surface area contributed by atoms with E-state index in [0.717, 1.165) is 30.1 Å². The minimum Gasteiger partial charge on any atom is -0.497 e. The number of aryl methyl sites for hydroxylation is 1. The average Bonchev–Trinajstić information content (AvgIpc) is 2.89. The van der Waals surface area contributed by atoms with Crippen LogP contribution in [0.25, 0.3) is 0 Å². The van der Waals surface area contributed by atoms with Crippen LogP contribution in [0.1, 0.15) is 30.8 Å². The lowest BCUT2D eigenvalue weighted by atomic mass is 10.1. The summed E-state index contributed by atoms with van der Waals surface area (Å²) in [6.07, 6.45) is 4.83. The standard InChI is InChI=1S/C14H20N4O/c1-3-8-18-9-7-16-14(18)13(17-15)11-5-4-6-12(10-11)19-2/h4-7,9-10,13,17H,3,8,15H2,1-2H3. The third-order valence-corrected chi connectivity index (χ3v) is 3.06. The van der Waals surface area contributed by atoms with Crippen LogP contribution in [0.4, 0.5) is 0 Å². The van der Waals surface area contributed by atoms with Crippen LogP contribution < -0.4 is 16.0 Å². The van der Waals surface area contributed by atoms with Crippen LogP contribution in [0.3, 0.4) is 0 Å². The van der Waals surface area contributed by atoms with Gasteiger partial charge in [-0.3, -0.25) is 5.84 Å². The molecule has 1 heterocycles. The van der Waals surface area contributed by atoms with Gasteiger partial charge < -0.3 is 9.30 Å². The number of imidazole rings is 1. The smallest absolute Gasteiger partial charge is 0.131 e. The van der Waals surface area contributed by atoms with E-state index < -0.39 is 0 Å². The summed E-state index contributed by atoms with van der Waals surface area (Å²) in [7, 11) is 1.65. The van der Waals surface area contributed by atoms with Gasteiger partial charge in [-0.25, -0.2) is 10.4 Å². The lowest BCUT2D eigenvalue weighted by Crippen LogP contribution is -2.31. The van der Waals surface area contributed by atoms with Crippen molar-refractivity contribution in [1.82, 2.24) is 15.0 Å². The van der Waals surface area contributed by atoms with Crippen molar-refractivity contribution in [2.45, 2.75) is 25.9 Å². The van der Waals surface area contributed by atoms with E-state index in [1.54, 1.807) is 13.3 Å². The van der Waals surface area contributed by atoms with Gasteiger partial charge in [0, 0.05) is 18.9 Å². The van der Waals surface area contributed by atoms with Crippen LogP contribution in [-0.4, -0.2) is 16.7 Å². The predicted octanol–water partition coefficient (Wildman–Crippen LogP) is 1.85. The Morgan fingerprint density at radius 1 is 1.47 bits per heavy atom. The molecule has 1 unspecified atom stereocenters. The molecule has 19 heavy (non-hydrogen) atoms. The number of hydrogen-bond acceptors (Lipinski definition) is 4. The van der Waals surface area contributed by atoms with E-state index in [4.69, 9.17) is 10.6 Å². The first-order chi connectivity index (χ1) is 9.30. The summed E-state index contributed by atoms with van der Waals surface area (Å²) in [4.78, 5) is 4.42. The van der Waals surface area contributed by atoms with Gasteiger partial charge in [-0.05, 0) is 24.1 Å². The summed E-state index contributed by atoms with van der Waals surface area (Å²) >= 11 is 0. The first kappa shape index (κ1) is 13.6. The zero-order valence-electron chi connectivity index (χ0n) is 11.3. The van der Waals surface area contributed by atoms with Crippen molar-refractivity contribution in [1.29, 1.82) is 0 Å². The van der Waals surface area contributed by atoms with Crippen LogP contribution in [0.5, 0.6) is 5.75 Å². The first-order valence-corrected chi connectivity index (χ1v) is 6.41. The highest BCUT2D eigenvalue weighted by Crippen LogP contribution is 2.23. The lowest BCUT2D eigenvalue weighted by molar-refractivity contribution is 0.413. The van der Waals surface area contributed by atoms with E-state index >= 15 is 0 Å². The second kappa shape index (κ2) is 6.36. The number of methoxy groups -OCH3 is 1. The third kappa shape index (κ3) is 2.94. The fourth-order valence-corrected chi connectivity index (χ4v) is 2.15. The zero-order chi connectivity index (χ0) is 13.7. The Labute approximate surface area is 113 Å². The van der Waals surface area contributed by atoms with Gasteiger partial charge in [0.25, 0.3) is 0 Å². The van der Waals surface area contributed by atoms with Crippen molar-refractivity contribution < 1.29 is 4.74 Å². The van der Waals surface area contributed by atoms with Gasteiger partial charge in [-0.15, -0.1) is 0 Å². The van der Waals surface area contributed by atoms with Crippen molar-refractivity contribution in [3.8, 4) is 5.75 Å². The number of hydrogen-bond donors (Lipinski definition) is 2. The molecule has 0 radical (unpaired) electrons. The van der Waals surface area contributed by atoms with Crippen LogP contribution in [0, 0.1) is 0 Å². The Bertz CT molecular complexity index is 524. The van der Waals surface area contributed by atoms with Crippen LogP contribution in [0.15, 0.2) is 36.7 Å². The van der Waals surface area contributed by atoms with Crippen molar-refractivity contribution in [2.24, 2.45) is 5.84 Å². The highest BCUT2D eigenvalue weighted by molar-refractivity contribution is 5.33. The van der Waals surface area contributed by atoms with Gasteiger partial charge in [0.15, 0.2) is 0 Å². The van der Waals surface area contributed by atoms with E-state index in [9.17, 15) is 0 Å². The topological polar surface area (TPSA) is 65.1 Å². The largest absolute Gasteiger partial charge is 0.497 e. The fraction of sp³-hybridized carbons (Fsp3) is 0.357. The van der Waals surface area contributed by atoms with E-state index in [0.29, 0.717) is 0 Å². The van der Waals surface area contributed by atoms with Gasteiger partial charge in [-0.1, -0.05) is 19.1 Å². The molecular formula is C14H20N4O. The molecule has 0 aliphatic carbocycles. The molecule has 0 bridgehead atoms. The number of nitrogens with zero attached hydrogens (tertiary/aromatic N) is 2. The molecular weight excluding hydrogens is 240 g/mol. The fourth-order valence-electron chi connectivity index (χ4n) is 2.15. The second-order valence-electron chi connectivity index (χ2n) is 4.36. The molecule has 5 heteroatoms. The summed E-state index contributed by atoms with van der Waals surface area (Å²) in [5.74, 6) is 7.43. The molecule has 0 amide bonds. The number of hydrazine groups is 1. The van der Waals surface area contributed by atoms with Crippen molar-refractivity contribution >= 4 is 0 Å². The number of ether oxygens (including phenoxy) is 1. The molecule has 1 aromatic heterocycles. The highest BCUT2D eigenvalue weighted by Gasteiger charge is 2.18. The number of rotatable bonds is 6. The predicted molar refractivity (Wildman–Crippen MR) is 74.7 cm³/mol. The Hall–Kier alpha value is -1.85. The Balaban J connectivity index is 2.35. The quantitative estimate of drug-likeness (QED) is 0.614. The molecule has 0 aliphatic heterocycles. The highest BCUT2D eigenvalue weighted by atomic mass is 16.5. The molecule has 0 fully saturated rings. The van der Waals surface area contributed by atoms with Gasteiger partial charge >= 0.3 is 0 Å². The summed E-state index contributed by atoms with van der Waals surface area (Å²) in [6, 6.07) is 7.70. The summed E-state index contributed by atoms with van der Waals surface area (Å²) < 4.78 is 7.36. The van der Waals surface area contributed by atoms with Crippen LogP contribution in [0.2, 0.25) is 0 Å². The maximum Gasteiger partial charge on any atom is 0.131 e. The van der Waals surface area contributed by atoms with Gasteiger partial charge in [-0.2, -0.15) is 0 Å². The molecule has 2 rings (SSSR count). The molecule has 3 N–H and O–H groups in total. The van der Waals surface area contributed by atoms with E-state index in [1.165, 1.54) is 0 Å². The van der Waals surface area contributed by atoms with Gasteiger partial charge in [0.2, 0.25) is 0 Å². The summed E-state index contributed by atoms with van der Waals surface area (Å²) in [5.41, 5.74) is 3.86. The number of benzene rings is 1. The van der Waals surface area contributed by atoms with E-state index in [-0.39, 0.29) is 6.04 Å². The zero-order valence-corrected chi connectivity index (χ0v) is 11.3. The molecule has 1 atom stereocenters. The Morgan fingerprint density at radius 3 is 3.00 bits per heavy atom. The van der Waals surface area contributed by atoms with E-state index in [1.807, 2.05) is 30.5 Å².